The van der Waals surface area contributed by atoms with Crippen LogP contribution in [0.3, 0.4) is 0 Å². The quantitative estimate of drug-likeness (QED) is 0.896. The summed E-state index contributed by atoms with van der Waals surface area (Å²) in [5.74, 6) is 0.134. The number of carbonyl (C=O) groups is 1. The molecule has 0 unspecified atom stereocenters. The number of aliphatic hydroxyl groups excluding tert-OH is 1. The number of benzene rings is 1. The molecule has 0 aromatic heterocycles. The predicted octanol–water partition coefficient (Wildman–Crippen LogP) is 2.27. The van der Waals surface area contributed by atoms with Crippen LogP contribution in [0.5, 0.6) is 0 Å². The van der Waals surface area contributed by atoms with Crippen LogP contribution in [-0.4, -0.2) is 42.3 Å². The number of rotatable bonds is 4. The SMILES string of the molecule is O=C(NCC1(c2ccccc2F)CC1)N1CCC(CO)CC1. The summed E-state index contributed by atoms with van der Waals surface area (Å²) in [6.07, 6.45) is 3.53. The molecule has 1 heterocycles. The van der Waals surface area contributed by atoms with Crippen molar-refractivity contribution < 1.29 is 14.3 Å². The molecule has 1 saturated heterocycles. The molecule has 2 aliphatic rings. The van der Waals surface area contributed by atoms with Gasteiger partial charge in [-0.25, -0.2) is 9.18 Å². The van der Waals surface area contributed by atoms with Crippen molar-refractivity contribution in [1.29, 1.82) is 0 Å². The molecule has 1 aromatic rings. The summed E-state index contributed by atoms with van der Waals surface area (Å²) in [6, 6.07) is 6.77. The van der Waals surface area contributed by atoms with Gasteiger partial charge in [-0.05, 0) is 43.2 Å². The number of hydrogen-bond acceptors (Lipinski definition) is 2. The van der Waals surface area contributed by atoms with Crippen molar-refractivity contribution >= 4 is 6.03 Å². The molecular weight excluding hydrogens is 283 g/mol. The van der Waals surface area contributed by atoms with E-state index in [0.717, 1.165) is 25.7 Å². The lowest BCUT2D eigenvalue weighted by Crippen LogP contribution is -2.46. The Bertz CT molecular complexity index is 537. The van der Waals surface area contributed by atoms with Gasteiger partial charge in [0.2, 0.25) is 0 Å². The predicted molar refractivity (Wildman–Crippen MR) is 82.1 cm³/mol. The van der Waals surface area contributed by atoms with Gasteiger partial charge >= 0.3 is 6.03 Å². The van der Waals surface area contributed by atoms with Crippen molar-refractivity contribution in [3.05, 3.63) is 35.6 Å². The van der Waals surface area contributed by atoms with Crippen LogP contribution in [0.1, 0.15) is 31.2 Å². The monoisotopic (exact) mass is 306 g/mol. The Hall–Kier alpha value is -1.62. The highest BCUT2D eigenvalue weighted by atomic mass is 19.1. The topological polar surface area (TPSA) is 52.6 Å². The first kappa shape index (κ1) is 15.3. The third kappa shape index (κ3) is 3.09. The second kappa shape index (κ2) is 6.24. The highest BCUT2D eigenvalue weighted by molar-refractivity contribution is 5.74. The number of nitrogens with one attached hydrogen (secondary N) is 1. The maximum atomic E-state index is 13.9. The molecule has 0 radical (unpaired) electrons. The summed E-state index contributed by atoms with van der Waals surface area (Å²) in [5, 5.41) is 12.1. The standard InChI is InChI=1S/C17H23FN2O2/c18-15-4-2-1-3-14(15)17(7-8-17)12-19-16(22)20-9-5-13(11-21)6-10-20/h1-4,13,21H,5-12H2,(H,19,22). The van der Waals surface area contributed by atoms with Gasteiger partial charge in [0, 0.05) is 31.7 Å². The molecule has 2 N–H and O–H groups in total. The Labute approximate surface area is 130 Å². The fraction of sp³-hybridized carbons (Fsp3) is 0.588. The van der Waals surface area contributed by atoms with Crippen molar-refractivity contribution in [2.24, 2.45) is 5.92 Å². The van der Waals surface area contributed by atoms with Gasteiger partial charge in [-0.1, -0.05) is 18.2 Å². The van der Waals surface area contributed by atoms with Crippen LogP contribution in [0.4, 0.5) is 9.18 Å². The van der Waals surface area contributed by atoms with E-state index in [-0.39, 0.29) is 23.9 Å². The molecule has 2 fully saturated rings. The van der Waals surface area contributed by atoms with E-state index in [1.54, 1.807) is 11.0 Å². The van der Waals surface area contributed by atoms with Crippen molar-refractivity contribution in [2.45, 2.75) is 31.1 Å². The highest BCUT2D eigenvalue weighted by Crippen LogP contribution is 2.48. The lowest BCUT2D eigenvalue weighted by Gasteiger charge is -2.31. The lowest BCUT2D eigenvalue weighted by molar-refractivity contribution is 0.137. The molecule has 5 heteroatoms. The van der Waals surface area contributed by atoms with Crippen LogP contribution >= 0.6 is 0 Å². The fourth-order valence-corrected chi connectivity index (χ4v) is 3.26. The number of carbonyl (C=O) groups excluding carboxylic acids is 1. The van der Waals surface area contributed by atoms with Gasteiger partial charge in [0.15, 0.2) is 0 Å². The zero-order chi connectivity index (χ0) is 15.6. The average molecular weight is 306 g/mol. The molecule has 120 valence electrons. The number of likely N-dealkylation sites (tertiary alicyclic amines) is 1. The number of aliphatic hydroxyl groups is 1. The van der Waals surface area contributed by atoms with E-state index in [1.807, 2.05) is 12.1 Å². The van der Waals surface area contributed by atoms with Gasteiger partial charge in [0.25, 0.3) is 0 Å². The smallest absolute Gasteiger partial charge is 0.317 e. The Balaban J connectivity index is 1.54. The first-order valence-electron chi connectivity index (χ1n) is 8.03. The van der Waals surface area contributed by atoms with Crippen LogP contribution in [0.2, 0.25) is 0 Å². The fourth-order valence-electron chi connectivity index (χ4n) is 3.26. The lowest BCUT2D eigenvalue weighted by atomic mass is 9.95. The molecule has 1 aliphatic carbocycles. The molecule has 0 atom stereocenters. The molecule has 22 heavy (non-hydrogen) atoms. The van der Waals surface area contributed by atoms with E-state index >= 15 is 0 Å². The van der Waals surface area contributed by atoms with Crippen molar-refractivity contribution in [2.75, 3.05) is 26.2 Å². The Morgan fingerprint density at radius 3 is 2.59 bits per heavy atom. The van der Waals surface area contributed by atoms with Gasteiger partial charge < -0.3 is 15.3 Å². The summed E-state index contributed by atoms with van der Waals surface area (Å²) in [4.78, 5) is 14.0. The van der Waals surface area contributed by atoms with E-state index in [4.69, 9.17) is 5.11 Å². The number of hydrogen-bond donors (Lipinski definition) is 2. The summed E-state index contributed by atoms with van der Waals surface area (Å²) in [6.45, 7) is 2.06. The number of nitrogens with zero attached hydrogens (tertiary/aromatic N) is 1. The molecule has 0 bridgehead atoms. The molecule has 3 rings (SSSR count). The molecular formula is C17H23FN2O2. The number of halogens is 1. The Kier molecular flexibility index (Phi) is 4.34. The van der Waals surface area contributed by atoms with E-state index in [2.05, 4.69) is 5.32 Å². The Morgan fingerprint density at radius 1 is 1.32 bits per heavy atom. The second-order valence-corrected chi connectivity index (χ2v) is 6.53. The number of amides is 2. The van der Waals surface area contributed by atoms with E-state index in [0.29, 0.717) is 31.1 Å². The summed E-state index contributed by atoms with van der Waals surface area (Å²) in [5.41, 5.74) is 0.499. The van der Waals surface area contributed by atoms with Crippen LogP contribution < -0.4 is 5.32 Å². The second-order valence-electron chi connectivity index (χ2n) is 6.53. The van der Waals surface area contributed by atoms with Crippen LogP contribution in [0, 0.1) is 11.7 Å². The number of piperidine rings is 1. The van der Waals surface area contributed by atoms with Crippen LogP contribution in [0.25, 0.3) is 0 Å². The normalized spacial score (nSPS) is 20.7. The van der Waals surface area contributed by atoms with E-state index in [1.165, 1.54) is 6.07 Å². The molecule has 2 amide bonds. The van der Waals surface area contributed by atoms with Gasteiger partial charge in [-0.2, -0.15) is 0 Å². The van der Waals surface area contributed by atoms with Crippen molar-refractivity contribution in [3.63, 3.8) is 0 Å². The maximum absolute atomic E-state index is 13.9. The van der Waals surface area contributed by atoms with Gasteiger partial charge in [0.1, 0.15) is 5.82 Å². The average Bonchev–Trinajstić information content (AvgIpc) is 3.34. The van der Waals surface area contributed by atoms with E-state index in [9.17, 15) is 9.18 Å². The number of urea groups is 1. The molecule has 4 nitrogen and oxygen atoms in total. The largest absolute Gasteiger partial charge is 0.396 e. The van der Waals surface area contributed by atoms with Crippen molar-refractivity contribution in [3.8, 4) is 0 Å². The molecule has 1 aliphatic heterocycles. The molecule has 0 spiro atoms. The van der Waals surface area contributed by atoms with Crippen LogP contribution in [0.15, 0.2) is 24.3 Å². The highest BCUT2D eigenvalue weighted by Gasteiger charge is 2.46. The van der Waals surface area contributed by atoms with Gasteiger partial charge in [0.05, 0.1) is 0 Å². The summed E-state index contributed by atoms with van der Waals surface area (Å²) in [7, 11) is 0. The molecule has 1 saturated carbocycles. The minimum atomic E-state index is -0.218. The van der Waals surface area contributed by atoms with E-state index < -0.39 is 0 Å². The van der Waals surface area contributed by atoms with Gasteiger partial charge in [-0.15, -0.1) is 0 Å². The minimum Gasteiger partial charge on any atom is -0.396 e. The summed E-state index contributed by atoms with van der Waals surface area (Å²) >= 11 is 0. The molecule has 1 aromatic carbocycles. The third-order valence-electron chi connectivity index (χ3n) is 5.04. The first-order valence-corrected chi connectivity index (χ1v) is 8.03. The van der Waals surface area contributed by atoms with Crippen LogP contribution in [-0.2, 0) is 5.41 Å². The zero-order valence-electron chi connectivity index (χ0n) is 12.7. The Morgan fingerprint density at radius 2 is 2.00 bits per heavy atom. The van der Waals surface area contributed by atoms with Crippen molar-refractivity contribution in [1.82, 2.24) is 10.2 Å². The first-order chi connectivity index (χ1) is 10.6. The van der Waals surface area contributed by atoms with Gasteiger partial charge in [-0.3, -0.25) is 0 Å². The maximum Gasteiger partial charge on any atom is 0.317 e. The summed E-state index contributed by atoms with van der Waals surface area (Å²) < 4.78 is 13.9. The zero-order valence-corrected chi connectivity index (χ0v) is 12.7. The third-order valence-corrected chi connectivity index (χ3v) is 5.04. The minimum absolute atomic E-state index is 0.0704.